The second kappa shape index (κ2) is 9.86. The first-order valence-electron chi connectivity index (χ1n) is 10.4. The van der Waals surface area contributed by atoms with E-state index in [9.17, 15) is 4.79 Å². The molecule has 2 amide bonds. The number of rotatable bonds is 7. The molecular weight excluding hydrogens is 412 g/mol. The molecule has 0 aliphatic carbocycles. The molecule has 4 rings (SSSR count). The van der Waals surface area contributed by atoms with Crippen LogP contribution in [0, 0.1) is 0 Å². The molecule has 1 saturated heterocycles. The summed E-state index contributed by atoms with van der Waals surface area (Å²) in [7, 11) is 0. The Kier molecular flexibility index (Phi) is 6.75. The molecule has 1 aliphatic heterocycles. The summed E-state index contributed by atoms with van der Waals surface area (Å²) < 4.78 is 11.8. The Balaban J connectivity index is 1.57. The van der Waals surface area contributed by atoms with Crippen molar-refractivity contribution in [1.29, 1.82) is 0 Å². The van der Waals surface area contributed by atoms with E-state index in [2.05, 4.69) is 17.4 Å². The van der Waals surface area contributed by atoms with Gasteiger partial charge in [-0.15, -0.1) is 0 Å². The van der Waals surface area contributed by atoms with Gasteiger partial charge in [0.05, 0.1) is 6.10 Å². The van der Waals surface area contributed by atoms with Gasteiger partial charge in [0.1, 0.15) is 12.4 Å². The van der Waals surface area contributed by atoms with Crippen LogP contribution in [0.25, 0.3) is 11.1 Å². The Morgan fingerprint density at radius 1 is 1.10 bits per heavy atom. The molecule has 5 nitrogen and oxygen atoms in total. The van der Waals surface area contributed by atoms with Gasteiger partial charge in [0.15, 0.2) is 0 Å². The van der Waals surface area contributed by atoms with Gasteiger partial charge in [0.2, 0.25) is 0 Å². The SMILES string of the molecule is NC(=O)Nc1ccc(Cc2ccc(OCC3CCCO3)c(-c3cccc(Cl)c3)c2)cc1. The Hall–Kier alpha value is -3.02. The van der Waals surface area contributed by atoms with Gasteiger partial charge in [-0.2, -0.15) is 0 Å². The first-order valence-corrected chi connectivity index (χ1v) is 10.7. The average Bonchev–Trinajstić information content (AvgIpc) is 3.27. The van der Waals surface area contributed by atoms with E-state index < -0.39 is 6.03 Å². The van der Waals surface area contributed by atoms with E-state index in [1.54, 1.807) is 0 Å². The van der Waals surface area contributed by atoms with Crippen LogP contribution in [0.15, 0.2) is 66.7 Å². The standard InChI is InChI=1S/C25H25ClN2O3/c26-20-4-1-3-19(15-20)23-14-18(8-11-24(23)31-16-22-5-2-12-30-22)13-17-6-9-21(10-7-17)28-25(27)29/h1,3-4,6-11,14-15,22H,2,5,12-13,16H2,(H3,27,28,29). The molecule has 31 heavy (non-hydrogen) atoms. The molecule has 160 valence electrons. The molecule has 0 bridgehead atoms. The highest BCUT2D eigenvalue weighted by Gasteiger charge is 2.17. The van der Waals surface area contributed by atoms with Crippen LogP contribution in [0.5, 0.6) is 5.75 Å². The lowest BCUT2D eigenvalue weighted by molar-refractivity contribution is 0.0681. The Morgan fingerprint density at radius 3 is 2.61 bits per heavy atom. The highest BCUT2D eigenvalue weighted by molar-refractivity contribution is 6.30. The van der Waals surface area contributed by atoms with Gasteiger partial charge < -0.3 is 20.5 Å². The number of anilines is 1. The summed E-state index contributed by atoms with van der Waals surface area (Å²) in [5, 5.41) is 3.26. The van der Waals surface area contributed by atoms with E-state index >= 15 is 0 Å². The molecule has 3 aromatic carbocycles. The van der Waals surface area contributed by atoms with Gasteiger partial charge in [-0.05, 0) is 72.4 Å². The fraction of sp³-hybridized carbons (Fsp3) is 0.240. The van der Waals surface area contributed by atoms with Crippen LogP contribution in [0.3, 0.4) is 0 Å². The van der Waals surface area contributed by atoms with Crippen LogP contribution < -0.4 is 15.8 Å². The maximum atomic E-state index is 11.0. The van der Waals surface area contributed by atoms with Gasteiger partial charge >= 0.3 is 6.03 Å². The van der Waals surface area contributed by atoms with Gasteiger partial charge in [-0.3, -0.25) is 0 Å². The van der Waals surface area contributed by atoms with Crippen molar-refractivity contribution >= 4 is 23.3 Å². The van der Waals surface area contributed by atoms with E-state index in [-0.39, 0.29) is 6.10 Å². The molecule has 1 aliphatic rings. The number of carbonyl (C=O) groups excluding carboxylic acids is 1. The van der Waals surface area contributed by atoms with Crippen LogP contribution in [0.1, 0.15) is 24.0 Å². The number of amides is 2. The summed E-state index contributed by atoms with van der Waals surface area (Å²) in [6.07, 6.45) is 3.02. The zero-order valence-electron chi connectivity index (χ0n) is 17.1. The second-order valence-corrected chi connectivity index (χ2v) is 8.09. The molecular formula is C25H25ClN2O3. The molecule has 3 aromatic rings. The highest BCUT2D eigenvalue weighted by atomic mass is 35.5. The zero-order valence-corrected chi connectivity index (χ0v) is 17.9. The third-order valence-electron chi connectivity index (χ3n) is 5.26. The second-order valence-electron chi connectivity index (χ2n) is 7.65. The fourth-order valence-electron chi connectivity index (χ4n) is 3.74. The monoisotopic (exact) mass is 436 g/mol. The van der Waals surface area contributed by atoms with Crippen LogP contribution in [0.4, 0.5) is 10.5 Å². The van der Waals surface area contributed by atoms with Crippen LogP contribution in [-0.2, 0) is 11.2 Å². The van der Waals surface area contributed by atoms with E-state index in [1.807, 2.05) is 54.6 Å². The lowest BCUT2D eigenvalue weighted by Crippen LogP contribution is -2.19. The number of halogens is 1. The number of nitrogens with one attached hydrogen (secondary N) is 1. The third kappa shape index (κ3) is 5.78. The van der Waals surface area contributed by atoms with Crippen molar-refractivity contribution in [1.82, 2.24) is 0 Å². The lowest BCUT2D eigenvalue weighted by atomic mass is 9.98. The summed E-state index contributed by atoms with van der Waals surface area (Å²) in [5.74, 6) is 0.822. The highest BCUT2D eigenvalue weighted by Crippen LogP contribution is 2.33. The summed E-state index contributed by atoms with van der Waals surface area (Å²) in [4.78, 5) is 11.0. The molecule has 1 fully saturated rings. The quantitative estimate of drug-likeness (QED) is 0.502. The molecule has 0 aromatic heterocycles. The minimum absolute atomic E-state index is 0.152. The number of benzene rings is 3. The van der Waals surface area contributed by atoms with Crippen molar-refractivity contribution in [2.24, 2.45) is 5.73 Å². The molecule has 1 unspecified atom stereocenters. The van der Waals surface area contributed by atoms with Gasteiger partial charge in [0.25, 0.3) is 0 Å². The molecule has 0 spiro atoms. The number of nitrogens with two attached hydrogens (primary N) is 1. The Labute approximate surface area is 187 Å². The van der Waals surface area contributed by atoms with Crippen molar-refractivity contribution in [2.75, 3.05) is 18.5 Å². The minimum atomic E-state index is -0.572. The average molecular weight is 437 g/mol. The van der Waals surface area contributed by atoms with Crippen LogP contribution >= 0.6 is 11.6 Å². The number of urea groups is 1. The lowest BCUT2D eigenvalue weighted by Gasteiger charge is -2.16. The molecule has 3 N–H and O–H groups in total. The van der Waals surface area contributed by atoms with Crippen LogP contribution in [-0.4, -0.2) is 25.3 Å². The van der Waals surface area contributed by atoms with E-state index in [1.165, 1.54) is 0 Å². The van der Waals surface area contributed by atoms with Crippen molar-refractivity contribution in [2.45, 2.75) is 25.4 Å². The van der Waals surface area contributed by atoms with Crippen molar-refractivity contribution in [3.8, 4) is 16.9 Å². The summed E-state index contributed by atoms with van der Waals surface area (Å²) in [5.41, 5.74) is 10.1. The number of hydrogen-bond donors (Lipinski definition) is 2. The molecule has 1 atom stereocenters. The predicted octanol–water partition coefficient (Wildman–Crippen LogP) is 5.65. The Bertz CT molecular complexity index is 1050. The van der Waals surface area contributed by atoms with Crippen molar-refractivity contribution in [3.63, 3.8) is 0 Å². The van der Waals surface area contributed by atoms with E-state index in [0.29, 0.717) is 17.3 Å². The number of ether oxygens (including phenoxy) is 2. The van der Waals surface area contributed by atoms with E-state index in [4.69, 9.17) is 26.8 Å². The predicted molar refractivity (Wildman–Crippen MR) is 124 cm³/mol. The molecule has 1 heterocycles. The first kappa shape index (κ1) is 21.2. The normalized spacial score (nSPS) is 15.6. The topological polar surface area (TPSA) is 73.6 Å². The maximum absolute atomic E-state index is 11.0. The summed E-state index contributed by atoms with van der Waals surface area (Å²) >= 11 is 6.25. The zero-order chi connectivity index (χ0) is 21.6. The van der Waals surface area contributed by atoms with Crippen molar-refractivity contribution in [3.05, 3.63) is 82.9 Å². The van der Waals surface area contributed by atoms with Gasteiger partial charge in [-0.1, -0.05) is 41.9 Å². The Morgan fingerprint density at radius 2 is 1.90 bits per heavy atom. The minimum Gasteiger partial charge on any atom is -0.490 e. The van der Waals surface area contributed by atoms with Gasteiger partial charge in [-0.25, -0.2) is 4.79 Å². The fourth-order valence-corrected chi connectivity index (χ4v) is 3.93. The third-order valence-corrected chi connectivity index (χ3v) is 5.49. The van der Waals surface area contributed by atoms with Crippen molar-refractivity contribution < 1.29 is 14.3 Å². The smallest absolute Gasteiger partial charge is 0.316 e. The maximum Gasteiger partial charge on any atom is 0.316 e. The molecule has 0 saturated carbocycles. The molecule has 6 heteroatoms. The van der Waals surface area contributed by atoms with E-state index in [0.717, 1.165) is 53.9 Å². The summed E-state index contributed by atoms with van der Waals surface area (Å²) in [6, 6.07) is 21.1. The largest absolute Gasteiger partial charge is 0.490 e. The number of carbonyl (C=O) groups is 1. The number of primary amides is 1. The molecule has 0 radical (unpaired) electrons. The summed E-state index contributed by atoms with van der Waals surface area (Å²) in [6.45, 7) is 1.35. The number of hydrogen-bond acceptors (Lipinski definition) is 3. The van der Waals surface area contributed by atoms with Gasteiger partial charge in [0, 0.05) is 22.9 Å². The first-order chi connectivity index (χ1) is 15.1. The van der Waals surface area contributed by atoms with Crippen LogP contribution in [0.2, 0.25) is 5.02 Å².